The van der Waals surface area contributed by atoms with E-state index in [9.17, 15) is 61.0 Å². The van der Waals surface area contributed by atoms with E-state index in [1.807, 2.05) is 6.08 Å². The average molecular weight is 1260 g/mol. The Morgan fingerprint density at radius 1 is 0.416 bits per heavy atom. The Morgan fingerprint density at radius 2 is 0.787 bits per heavy atom. The number of rotatable bonds is 49. The molecule has 0 radical (unpaired) electrons. The molecule has 3 fully saturated rings. The number of ether oxygens (including phenoxy) is 6. The normalized spacial score (nSPS) is 28.9. The molecule has 0 spiro atoms. The first kappa shape index (κ1) is 79.7. The van der Waals surface area contributed by atoms with Crippen molar-refractivity contribution < 1.29 is 89.4 Å². The minimum absolute atomic E-state index is 0.188. The van der Waals surface area contributed by atoms with Gasteiger partial charge in [0.25, 0.3) is 0 Å². The van der Waals surface area contributed by atoms with E-state index in [1.165, 1.54) is 77.0 Å². The molecule has 1 amide bonds. The van der Waals surface area contributed by atoms with Crippen LogP contribution in [-0.4, -0.2) is 193 Å². The van der Waals surface area contributed by atoms with E-state index in [0.717, 1.165) is 83.5 Å². The number of nitrogens with one attached hydrogen (secondary N) is 1. The second-order valence-corrected chi connectivity index (χ2v) is 23.5. The largest absolute Gasteiger partial charge is 0.394 e. The van der Waals surface area contributed by atoms with Crippen LogP contribution in [0, 0.1) is 0 Å². The number of aliphatic hydroxyl groups excluding tert-OH is 11. The van der Waals surface area contributed by atoms with Crippen LogP contribution in [0.4, 0.5) is 0 Å². The first-order valence-corrected chi connectivity index (χ1v) is 33.6. The number of unbranched alkanes of at least 4 members (excludes halogenated alkanes) is 17. The van der Waals surface area contributed by atoms with E-state index in [-0.39, 0.29) is 18.9 Å². The lowest BCUT2D eigenvalue weighted by molar-refractivity contribution is -0.379. The minimum Gasteiger partial charge on any atom is -0.394 e. The Morgan fingerprint density at radius 3 is 1.26 bits per heavy atom. The monoisotopic (exact) mass is 1260 g/mol. The number of aliphatic hydroxyl groups is 11. The van der Waals surface area contributed by atoms with Crippen molar-refractivity contribution in [2.24, 2.45) is 0 Å². The van der Waals surface area contributed by atoms with Crippen molar-refractivity contribution in [3.05, 3.63) is 109 Å². The van der Waals surface area contributed by atoms with Gasteiger partial charge in [0.1, 0.15) is 73.2 Å². The molecule has 0 bridgehead atoms. The summed E-state index contributed by atoms with van der Waals surface area (Å²) in [6.45, 7) is 1.56. The van der Waals surface area contributed by atoms with Gasteiger partial charge in [-0.25, -0.2) is 0 Å². The lowest BCUT2D eigenvalue weighted by Gasteiger charge is -2.48. The summed E-state index contributed by atoms with van der Waals surface area (Å²) >= 11 is 0. The third-order valence-corrected chi connectivity index (χ3v) is 16.1. The van der Waals surface area contributed by atoms with E-state index in [0.29, 0.717) is 12.8 Å². The Hall–Kier alpha value is -3.55. The first-order chi connectivity index (χ1) is 43.3. The van der Waals surface area contributed by atoms with Gasteiger partial charge in [-0.05, 0) is 89.9 Å². The maximum atomic E-state index is 13.4. The third kappa shape index (κ3) is 33.2. The molecule has 19 nitrogen and oxygen atoms in total. The Bertz CT molecular complexity index is 2040. The molecular formula is C70H117NO18. The number of carbonyl (C=O) groups excluding carboxylic acids is 1. The van der Waals surface area contributed by atoms with Gasteiger partial charge in [-0.15, -0.1) is 0 Å². The van der Waals surface area contributed by atoms with E-state index in [4.69, 9.17) is 28.4 Å². The van der Waals surface area contributed by atoms with Gasteiger partial charge in [0.15, 0.2) is 18.9 Å². The van der Waals surface area contributed by atoms with Gasteiger partial charge in [0.05, 0.1) is 38.6 Å². The van der Waals surface area contributed by atoms with Crippen LogP contribution in [0.2, 0.25) is 0 Å². The summed E-state index contributed by atoms with van der Waals surface area (Å²) in [5.74, 6) is -0.322. The van der Waals surface area contributed by atoms with E-state index < -0.39 is 124 Å². The quantitative estimate of drug-likeness (QED) is 0.0201. The van der Waals surface area contributed by atoms with Crippen molar-refractivity contribution in [2.45, 2.75) is 298 Å². The maximum absolute atomic E-state index is 13.4. The maximum Gasteiger partial charge on any atom is 0.220 e. The molecule has 3 heterocycles. The van der Waals surface area contributed by atoms with Crippen LogP contribution < -0.4 is 5.32 Å². The third-order valence-electron chi connectivity index (χ3n) is 16.1. The fraction of sp³-hybridized carbons (Fsp3) is 0.729. The molecule has 17 unspecified atom stereocenters. The summed E-state index contributed by atoms with van der Waals surface area (Å²) in [4.78, 5) is 13.4. The number of carbonyl (C=O) groups is 1. The molecule has 12 N–H and O–H groups in total. The summed E-state index contributed by atoms with van der Waals surface area (Å²) < 4.78 is 34.3. The lowest BCUT2D eigenvalue weighted by atomic mass is 9.96. The highest BCUT2D eigenvalue weighted by Crippen LogP contribution is 2.33. The zero-order chi connectivity index (χ0) is 64.7. The number of hydrogen-bond acceptors (Lipinski definition) is 18. The molecule has 19 heteroatoms. The number of hydrogen-bond donors (Lipinski definition) is 12. The lowest BCUT2D eigenvalue weighted by Crippen LogP contribution is -2.66. The van der Waals surface area contributed by atoms with Crippen molar-refractivity contribution in [3.8, 4) is 0 Å². The van der Waals surface area contributed by atoms with Gasteiger partial charge >= 0.3 is 0 Å². The summed E-state index contributed by atoms with van der Waals surface area (Å²) in [5, 5.41) is 120. The van der Waals surface area contributed by atoms with Crippen LogP contribution in [-0.2, 0) is 33.2 Å². The number of allylic oxidation sites excluding steroid dienone is 17. The SMILES string of the molecule is CC/C=C\C/C=C\C/C=C\C/C=C\C/C=C\C/C=C\C/C=C\CCCCCC(=O)NC(COC1OC(CO)C(OC2OC(CO)C(OC3OC(CO)C(O)C(O)C3O)C(O)C2O)C(O)C1O)C(O)/C=C/CC/C=C/CCCCCCCCCCCCCCC. The highest BCUT2D eigenvalue weighted by molar-refractivity contribution is 5.76. The second-order valence-electron chi connectivity index (χ2n) is 23.5. The second kappa shape index (κ2) is 50.9. The Labute approximate surface area is 532 Å². The molecule has 0 saturated carbocycles. The molecule has 89 heavy (non-hydrogen) atoms. The Balaban J connectivity index is 1.49. The smallest absolute Gasteiger partial charge is 0.220 e. The van der Waals surface area contributed by atoms with Crippen LogP contribution in [0.15, 0.2) is 109 Å². The fourth-order valence-electron chi connectivity index (χ4n) is 10.6. The van der Waals surface area contributed by atoms with Gasteiger partial charge in [0, 0.05) is 6.42 Å². The fourth-order valence-corrected chi connectivity index (χ4v) is 10.6. The predicted molar refractivity (Wildman–Crippen MR) is 346 cm³/mol. The molecule has 0 aromatic heterocycles. The molecule has 3 rings (SSSR count). The van der Waals surface area contributed by atoms with Crippen molar-refractivity contribution in [1.82, 2.24) is 5.32 Å². The van der Waals surface area contributed by atoms with Crippen molar-refractivity contribution in [3.63, 3.8) is 0 Å². The number of amides is 1. The molecule has 0 aromatic carbocycles. The zero-order valence-electron chi connectivity index (χ0n) is 53.6. The van der Waals surface area contributed by atoms with Crippen LogP contribution in [0.3, 0.4) is 0 Å². The molecule has 510 valence electrons. The van der Waals surface area contributed by atoms with Gasteiger partial charge in [-0.2, -0.15) is 0 Å². The standard InChI is InChI=1S/C70H117NO18/c1-3-5-7-9-11-13-15-17-19-21-23-24-25-26-27-28-30-32-34-36-38-40-42-44-46-48-58(76)71-53(54(75)47-45-43-41-39-37-35-33-31-29-22-20-18-16-14-12-10-8-6-4-2)52-84-68-64(82)61(79)66(56(50-73)86-68)89-70-65(83)62(80)67(57(51-74)87-70)88-69-63(81)60(78)59(77)55(49-72)85-69/h5,7,11,13,17,19,23-24,26-27,30,32,36-39,45,47,53-57,59-70,72-75,77-83H,3-4,6,8-10,12,14-16,18,20-22,25,28-29,31,33-35,40-44,46,48-52H2,1-2H3,(H,71,76)/b7-5-,13-11-,19-17-,24-23-,27-26-,32-30-,38-36-,39-37+,47-45+. The summed E-state index contributed by atoms with van der Waals surface area (Å²) in [6, 6.07) is -1.02. The van der Waals surface area contributed by atoms with Gasteiger partial charge in [0.2, 0.25) is 5.91 Å². The van der Waals surface area contributed by atoms with Gasteiger partial charge < -0.3 is 89.9 Å². The van der Waals surface area contributed by atoms with Crippen molar-refractivity contribution in [2.75, 3.05) is 26.4 Å². The van der Waals surface area contributed by atoms with Crippen molar-refractivity contribution in [1.29, 1.82) is 0 Å². The molecule has 3 saturated heterocycles. The first-order valence-electron chi connectivity index (χ1n) is 33.6. The molecule has 3 aliphatic rings. The van der Waals surface area contributed by atoms with Gasteiger partial charge in [-0.3, -0.25) is 4.79 Å². The molecule has 0 aromatic rings. The summed E-state index contributed by atoms with van der Waals surface area (Å²) in [5.41, 5.74) is 0. The molecular weight excluding hydrogens is 1140 g/mol. The van der Waals surface area contributed by atoms with E-state index in [2.05, 4.69) is 116 Å². The average Bonchev–Trinajstić information content (AvgIpc) is 2.44. The highest BCUT2D eigenvalue weighted by Gasteiger charge is 2.53. The molecule has 17 atom stereocenters. The predicted octanol–water partition coefficient (Wildman–Crippen LogP) is 8.27. The zero-order valence-corrected chi connectivity index (χ0v) is 53.6. The Kier molecular flexibility index (Phi) is 45.6. The van der Waals surface area contributed by atoms with E-state index in [1.54, 1.807) is 6.08 Å². The van der Waals surface area contributed by atoms with Crippen LogP contribution in [0.5, 0.6) is 0 Å². The molecule has 3 aliphatic heterocycles. The summed E-state index contributed by atoms with van der Waals surface area (Å²) in [6.07, 6.45) is 40.6. The van der Waals surface area contributed by atoms with Crippen LogP contribution in [0.1, 0.15) is 194 Å². The molecule has 0 aliphatic carbocycles. The van der Waals surface area contributed by atoms with E-state index >= 15 is 0 Å². The van der Waals surface area contributed by atoms with Gasteiger partial charge in [-0.1, -0.05) is 207 Å². The highest BCUT2D eigenvalue weighted by atomic mass is 16.8. The minimum atomic E-state index is -1.99. The summed E-state index contributed by atoms with van der Waals surface area (Å²) in [7, 11) is 0. The topological polar surface area (TPSA) is 307 Å². The van der Waals surface area contributed by atoms with Crippen LogP contribution >= 0.6 is 0 Å². The van der Waals surface area contributed by atoms with Crippen LogP contribution in [0.25, 0.3) is 0 Å². The van der Waals surface area contributed by atoms with Crippen molar-refractivity contribution >= 4 is 5.91 Å².